The summed E-state index contributed by atoms with van der Waals surface area (Å²) in [6, 6.07) is 6.47. The Balaban J connectivity index is 1.96. The predicted molar refractivity (Wildman–Crippen MR) is 80.8 cm³/mol. The number of nitrogens with two attached hydrogens (primary N) is 1. The van der Waals surface area contributed by atoms with E-state index in [0.717, 1.165) is 24.8 Å². The second-order valence-electron chi connectivity index (χ2n) is 5.67. The summed E-state index contributed by atoms with van der Waals surface area (Å²) in [7, 11) is 0. The maximum Gasteiger partial charge on any atom is 0.240 e. The van der Waals surface area contributed by atoms with Crippen LogP contribution < -0.4 is 5.73 Å². The lowest BCUT2D eigenvalue weighted by Gasteiger charge is -2.39. The van der Waals surface area contributed by atoms with E-state index in [0.29, 0.717) is 19.4 Å². The van der Waals surface area contributed by atoms with Crippen LogP contribution in [0.5, 0.6) is 5.75 Å². The third-order valence-electron chi connectivity index (χ3n) is 4.06. The molecule has 1 unspecified atom stereocenters. The molecule has 1 atom stereocenters. The molecule has 1 aliphatic rings. The summed E-state index contributed by atoms with van der Waals surface area (Å²) >= 11 is 0. The monoisotopic (exact) mass is 292 g/mol. The molecule has 1 aliphatic carbocycles. The SMILES string of the molecule is NC(Cc1ccc(O)cc1)C(=O)N(CCCO)C1CCC1. The predicted octanol–water partition coefficient (Wildman–Crippen LogP) is 1.03. The van der Waals surface area contributed by atoms with Crippen molar-refractivity contribution in [2.45, 2.75) is 44.2 Å². The van der Waals surface area contributed by atoms with E-state index in [4.69, 9.17) is 10.8 Å². The van der Waals surface area contributed by atoms with Crippen molar-refractivity contribution in [1.29, 1.82) is 0 Å². The van der Waals surface area contributed by atoms with Crippen LogP contribution in [-0.4, -0.2) is 46.3 Å². The Morgan fingerprint density at radius 3 is 2.52 bits per heavy atom. The van der Waals surface area contributed by atoms with E-state index in [1.807, 2.05) is 4.90 Å². The summed E-state index contributed by atoms with van der Waals surface area (Å²) in [5.41, 5.74) is 6.99. The molecule has 1 aromatic rings. The number of nitrogens with zero attached hydrogens (tertiary/aromatic N) is 1. The molecule has 0 spiro atoms. The molecular weight excluding hydrogens is 268 g/mol. The first-order valence-corrected chi connectivity index (χ1v) is 7.56. The highest BCUT2D eigenvalue weighted by molar-refractivity contribution is 5.82. The van der Waals surface area contributed by atoms with Crippen LogP contribution in [0.1, 0.15) is 31.2 Å². The Kier molecular flexibility index (Phi) is 5.59. The molecule has 5 nitrogen and oxygen atoms in total. The first-order valence-electron chi connectivity index (χ1n) is 7.56. The topological polar surface area (TPSA) is 86.8 Å². The standard InChI is InChI=1S/C16H24N2O3/c17-15(11-12-5-7-14(20)8-6-12)16(21)18(9-2-10-19)13-3-1-4-13/h5-8,13,15,19-20H,1-4,9-11,17H2. The zero-order chi connectivity index (χ0) is 15.2. The number of benzene rings is 1. The van der Waals surface area contributed by atoms with Gasteiger partial charge in [0, 0.05) is 19.2 Å². The van der Waals surface area contributed by atoms with Crippen LogP contribution in [0.3, 0.4) is 0 Å². The van der Waals surface area contributed by atoms with Crippen LogP contribution in [-0.2, 0) is 11.2 Å². The maximum absolute atomic E-state index is 12.5. The molecule has 0 heterocycles. The number of aromatic hydroxyl groups is 1. The third kappa shape index (κ3) is 4.19. The van der Waals surface area contributed by atoms with Crippen LogP contribution >= 0.6 is 0 Å². The van der Waals surface area contributed by atoms with Crippen molar-refractivity contribution in [2.75, 3.05) is 13.2 Å². The third-order valence-corrected chi connectivity index (χ3v) is 4.06. The Hall–Kier alpha value is -1.59. The summed E-state index contributed by atoms with van der Waals surface area (Å²) < 4.78 is 0. The summed E-state index contributed by atoms with van der Waals surface area (Å²) in [6.07, 6.45) is 4.27. The molecule has 0 aromatic heterocycles. The van der Waals surface area contributed by atoms with E-state index in [1.165, 1.54) is 0 Å². The number of aliphatic hydroxyl groups is 1. The van der Waals surface area contributed by atoms with Gasteiger partial charge in [0.1, 0.15) is 5.75 Å². The van der Waals surface area contributed by atoms with E-state index >= 15 is 0 Å². The lowest BCUT2D eigenvalue weighted by Crippen LogP contribution is -2.52. The van der Waals surface area contributed by atoms with Crippen molar-refractivity contribution in [3.05, 3.63) is 29.8 Å². The van der Waals surface area contributed by atoms with Gasteiger partial charge < -0.3 is 20.8 Å². The maximum atomic E-state index is 12.5. The fourth-order valence-corrected chi connectivity index (χ4v) is 2.60. The van der Waals surface area contributed by atoms with E-state index < -0.39 is 6.04 Å². The molecular formula is C16H24N2O3. The number of phenols is 1. The Bertz CT molecular complexity index is 457. The van der Waals surface area contributed by atoms with Gasteiger partial charge in [0.05, 0.1) is 6.04 Å². The number of carbonyl (C=O) groups excluding carboxylic acids is 1. The van der Waals surface area contributed by atoms with Crippen molar-refractivity contribution in [2.24, 2.45) is 5.73 Å². The summed E-state index contributed by atoms with van der Waals surface area (Å²) in [5, 5.41) is 18.2. The molecule has 21 heavy (non-hydrogen) atoms. The van der Waals surface area contributed by atoms with Crippen molar-refractivity contribution in [3.63, 3.8) is 0 Å². The van der Waals surface area contributed by atoms with Crippen LogP contribution in [0.2, 0.25) is 0 Å². The molecule has 0 aliphatic heterocycles. The molecule has 1 amide bonds. The second-order valence-corrected chi connectivity index (χ2v) is 5.67. The Morgan fingerprint density at radius 1 is 1.33 bits per heavy atom. The van der Waals surface area contributed by atoms with Crippen LogP contribution in [0, 0.1) is 0 Å². The number of hydrogen-bond acceptors (Lipinski definition) is 4. The molecule has 116 valence electrons. The van der Waals surface area contributed by atoms with Crippen molar-refractivity contribution < 1.29 is 15.0 Å². The van der Waals surface area contributed by atoms with E-state index in [-0.39, 0.29) is 24.3 Å². The largest absolute Gasteiger partial charge is 0.508 e. The van der Waals surface area contributed by atoms with E-state index in [1.54, 1.807) is 24.3 Å². The lowest BCUT2D eigenvalue weighted by atomic mass is 9.90. The minimum atomic E-state index is -0.575. The molecule has 1 fully saturated rings. The fourth-order valence-electron chi connectivity index (χ4n) is 2.60. The van der Waals surface area contributed by atoms with Gasteiger partial charge in [-0.2, -0.15) is 0 Å². The fraction of sp³-hybridized carbons (Fsp3) is 0.562. The summed E-state index contributed by atoms with van der Waals surface area (Å²) in [5.74, 6) is 0.166. The first kappa shape index (κ1) is 15.8. The molecule has 0 radical (unpaired) electrons. The van der Waals surface area contributed by atoms with E-state index in [2.05, 4.69) is 0 Å². The lowest BCUT2D eigenvalue weighted by molar-refractivity contribution is -0.136. The molecule has 2 rings (SSSR count). The van der Waals surface area contributed by atoms with Gasteiger partial charge in [-0.15, -0.1) is 0 Å². The zero-order valence-corrected chi connectivity index (χ0v) is 12.2. The first-order chi connectivity index (χ1) is 10.1. The van der Waals surface area contributed by atoms with Gasteiger partial charge in [0.15, 0.2) is 0 Å². The van der Waals surface area contributed by atoms with E-state index in [9.17, 15) is 9.90 Å². The second kappa shape index (κ2) is 7.43. The van der Waals surface area contributed by atoms with Gasteiger partial charge in [0.2, 0.25) is 5.91 Å². The average Bonchev–Trinajstić information content (AvgIpc) is 2.43. The number of aliphatic hydroxyl groups excluding tert-OH is 1. The average molecular weight is 292 g/mol. The van der Waals surface area contributed by atoms with Crippen LogP contribution in [0.25, 0.3) is 0 Å². The van der Waals surface area contributed by atoms with Crippen LogP contribution in [0.15, 0.2) is 24.3 Å². The summed E-state index contributed by atoms with van der Waals surface area (Å²) in [6.45, 7) is 0.660. The van der Waals surface area contributed by atoms with Gasteiger partial charge in [-0.05, 0) is 49.8 Å². The number of hydrogen-bond donors (Lipinski definition) is 3. The highest BCUT2D eigenvalue weighted by atomic mass is 16.3. The normalized spacial score (nSPS) is 16.3. The van der Waals surface area contributed by atoms with Gasteiger partial charge in [-0.25, -0.2) is 0 Å². The smallest absolute Gasteiger partial charge is 0.240 e. The van der Waals surface area contributed by atoms with Gasteiger partial charge >= 0.3 is 0 Å². The van der Waals surface area contributed by atoms with Gasteiger partial charge in [-0.3, -0.25) is 4.79 Å². The van der Waals surface area contributed by atoms with Crippen molar-refractivity contribution >= 4 is 5.91 Å². The number of carbonyl (C=O) groups is 1. The quantitative estimate of drug-likeness (QED) is 0.700. The van der Waals surface area contributed by atoms with Crippen molar-refractivity contribution in [3.8, 4) is 5.75 Å². The molecule has 1 aromatic carbocycles. The summed E-state index contributed by atoms with van der Waals surface area (Å²) in [4.78, 5) is 14.4. The molecule has 0 saturated heterocycles. The number of amides is 1. The number of phenolic OH excluding ortho intramolecular Hbond substituents is 1. The van der Waals surface area contributed by atoms with Crippen LogP contribution in [0.4, 0.5) is 0 Å². The molecule has 5 heteroatoms. The van der Waals surface area contributed by atoms with Crippen molar-refractivity contribution in [1.82, 2.24) is 4.90 Å². The van der Waals surface area contributed by atoms with Gasteiger partial charge in [-0.1, -0.05) is 12.1 Å². The Morgan fingerprint density at radius 2 is 2.00 bits per heavy atom. The number of rotatable bonds is 7. The molecule has 0 bridgehead atoms. The minimum Gasteiger partial charge on any atom is -0.508 e. The highest BCUT2D eigenvalue weighted by Gasteiger charge is 2.31. The Labute approximate surface area is 125 Å². The molecule has 1 saturated carbocycles. The molecule has 4 N–H and O–H groups in total. The van der Waals surface area contributed by atoms with Gasteiger partial charge in [0.25, 0.3) is 0 Å². The minimum absolute atomic E-state index is 0.0405. The highest BCUT2D eigenvalue weighted by Crippen LogP contribution is 2.25. The zero-order valence-electron chi connectivity index (χ0n) is 12.2.